The number of aromatic nitrogens is 1. The number of para-hydroxylation sites is 1. The second-order valence-electron chi connectivity index (χ2n) is 36.2. The van der Waals surface area contributed by atoms with E-state index in [1.165, 1.54) is 32.7 Å². The van der Waals surface area contributed by atoms with E-state index in [0.29, 0.717) is 76.6 Å². The Bertz CT molecular complexity index is 6110. The molecule has 15 N–H and O–H groups in total. The highest BCUT2D eigenvalue weighted by Crippen LogP contribution is 2.27. The fraction of sp³-hybridized carbons (Fsp3) is 0.324. The fourth-order valence-electron chi connectivity index (χ4n) is 15.7. The van der Waals surface area contributed by atoms with Gasteiger partial charge in [0.05, 0.1) is 58.2 Å². The fourth-order valence-corrected chi connectivity index (χ4v) is 17.0. The molecule has 768 valence electrons. The summed E-state index contributed by atoms with van der Waals surface area (Å²) in [4.78, 5) is 201. The number of thioether (sulfide) groups is 1. The molecule has 0 aliphatic rings. The van der Waals surface area contributed by atoms with E-state index in [4.69, 9.17) is 62.0 Å². The predicted octanol–water partition coefficient (Wildman–Crippen LogP) is 10.7. The average Bonchev–Trinajstić information content (AvgIpc) is 1.44. The molecule has 33 nitrogen and oxygen atoms in total. The number of amides is 11. The summed E-state index contributed by atoms with van der Waals surface area (Å²) in [6.07, 6.45) is -4.47. The highest BCUT2D eigenvalue weighted by Gasteiger charge is 2.45. The molecule has 10 aromatic carbocycles. The van der Waals surface area contributed by atoms with Crippen molar-refractivity contribution in [1.82, 2.24) is 52.4 Å². The first-order valence-electron chi connectivity index (χ1n) is 48.0. The van der Waals surface area contributed by atoms with Gasteiger partial charge >= 0.3 is 18.0 Å². The van der Waals surface area contributed by atoms with Gasteiger partial charge in [-0.1, -0.05) is 272 Å². The van der Waals surface area contributed by atoms with Crippen LogP contribution < -0.4 is 64.5 Å². The lowest BCUT2D eigenvalue weighted by molar-refractivity contribution is -0.156. The first-order valence-corrected chi connectivity index (χ1v) is 49.5. The maximum absolute atomic E-state index is 16.2. The van der Waals surface area contributed by atoms with Gasteiger partial charge in [0.25, 0.3) is 5.91 Å². The lowest BCUT2D eigenvalue weighted by Crippen LogP contribution is -2.64. The Kier molecular flexibility index (Phi) is 43.5. The summed E-state index contributed by atoms with van der Waals surface area (Å²) in [6, 6.07) is 63.9. The zero-order chi connectivity index (χ0) is 104. The summed E-state index contributed by atoms with van der Waals surface area (Å²) >= 11 is 7.64. The number of esters is 2. The number of hydrogen-bond acceptors (Lipinski definition) is 23. The monoisotopic (exact) mass is 2030 g/mol. The number of fused-ring (bicyclic) bond motifs is 1. The number of rotatable bonds is 55. The number of primary amides is 1. The number of methoxy groups -OCH3 is 1. The van der Waals surface area contributed by atoms with Crippen molar-refractivity contribution in [1.29, 1.82) is 0 Å². The minimum atomic E-state index is -1.90. The van der Waals surface area contributed by atoms with Gasteiger partial charge in [-0.2, -0.15) is 11.8 Å². The summed E-state index contributed by atoms with van der Waals surface area (Å²) < 4.78 is 42.3. The van der Waals surface area contributed by atoms with Crippen LogP contribution in [-0.4, -0.2) is 191 Å². The molecule has 1 aromatic heterocycles. The first kappa shape index (κ1) is 111. The van der Waals surface area contributed by atoms with Gasteiger partial charge in [0.1, 0.15) is 85.0 Å². The number of halogens is 1. The van der Waals surface area contributed by atoms with E-state index in [2.05, 4.69) is 47.5 Å². The summed E-state index contributed by atoms with van der Waals surface area (Å²) in [5.41, 5.74) is 23.4. The van der Waals surface area contributed by atoms with E-state index >= 15 is 43.2 Å². The molecule has 11 amide bonds. The Hall–Kier alpha value is -14.9. The Morgan fingerprint density at radius 1 is 0.404 bits per heavy atom. The van der Waals surface area contributed by atoms with Gasteiger partial charge in [-0.05, 0) is 128 Å². The third kappa shape index (κ3) is 35.8. The van der Waals surface area contributed by atoms with Crippen LogP contribution in [0.25, 0.3) is 10.9 Å². The maximum atomic E-state index is 16.2. The summed E-state index contributed by atoms with van der Waals surface area (Å²) in [6.45, 7) is 6.03. The zero-order valence-corrected chi connectivity index (χ0v) is 83.7. The molecule has 0 saturated heterocycles. The van der Waals surface area contributed by atoms with Crippen LogP contribution in [0.3, 0.4) is 0 Å². The van der Waals surface area contributed by atoms with Crippen molar-refractivity contribution in [2.45, 2.75) is 209 Å². The Labute approximate surface area is 857 Å². The van der Waals surface area contributed by atoms with Gasteiger partial charge in [-0.25, -0.2) is 14.5 Å². The summed E-state index contributed by atoms with van der Waals surface area (Å²) in [5, 5.41) is 23.5. The van der Waals surface area contributed by atoms with Crippen molar-refractivity contribution in [3.8, 4) is 5.75 Å². The third-order valence-electron chi connectivity index (χ3n) is 23.7. The summed E-state index contributed by atoms with van der Waals surface area (Å²) in [7, 11) is 1.53. The molecule has 0 bridgehead atoms. The van der Waals surface area contributed by atoms with Gasteiger partial charge in [-0.15, -0.1) is 0 Å². The van der Waals surface area contributed by atoms with Gasteiger partial charge in [0.15, 0.2) is 0 Å². The molecule has 1 heterocycles. The largest absolute Gasteiger partial charge is 0.497 e. The van der Waals surface area contributed by atoms with Crippen LogP contribution in [0.15, 0.2) is 291 Å². The number of aromatic amines is 1. The molecule has 13 atom stereocenters. The minimum Gasteiger partial charge on any atom is -0.497 e. The quantitative estimate of drug-likeness (QED) is 0.0124. The topological polar surface area (TPSA) is 480 Å². The van der Waals surface area contributed by atoms with Crippen molar-refractivity contribution < 1.29 is 95.5 Å². The van der Waals surface area contributed by atoms with Crippen molar-refractivity contribution in [2.24, 2.45) is 17.2 Å². The Balaban J connectivity index is 0.952. The molecule has 11 rings (SSSR count). The van der Waals surface area contributed by atoms with E-state index in [9.17, 15) is 19.2 Å². The molecule has 11 aromatic rings. The number of carbonyl (C=O) groups excluding carboxylic acids is 13. The minimum absolute atomic E-state index is 0.120. The second kappa shape index (κ2) is 57.0. The zero-order valence-electron chi connectivity index (χ0n) is 82.2. The molecule has 35 heteroatoms. The van der Waals surface area contributed by atoms with Crippen LogP contribution in [0.1, 0.15) is 116 Å². The van der Waals surface area contributed by atoms with Crippen molar-refractivity contribution in [3.05, 3.63) is 352 Å². The molecule has 0 radical (unpaired) electrons. The summed E-state index contributed by atoms with van der Waals surface area (Å²) in [5.74, 6) is -11.2. The number of benzene rings is 10. The lowest BCUT2D eigenvalue weighted by atomic mass is 9.99. The standard InChI is InChI=1S/C111H126ClN13O20S/c1-71(141-64-77-41-22-11-23-42-77)97(123-100(128)89(52-32-50-86(113)108(136)144-67-81-47-28-30-49-85(81)112)117-103(131)93(60-82-62-116-88-51-31-29-48-84(82)88)120-102(130)91(58-74-35-16-8-17-36-74)119-101(129)90(57-73-33-14-7-15-34-73)118-99(127)87(114)61-96(115)126)105(133)121-92(59-75-37-18-9-19-38-75)104(132)124-98(72(2)142-65-78-43-24-12-25-44-78)106(134)122-94(68-140-63-76-39-20-10-21-40-76)107(135)125(110(138)145-111(3,4)5)95(109(137)143-66-79-45-26-13-27-46-79)70-146-69-80-53-55-83(139-6)56-54-80/h7-31,33-49,51,53-56,62,71-72,86-87,89-95,97-98,116H,32,50,52,57-61,63-70,113-114H2,1-6H3,(H2,115,126)(H,117,131)(H,118,127)(H,119,129)(H,120,130)(H,121,133)(H,122,134)(H,123,128)(H,124,132)/t71-,72-,86?,87+,89+,90+,91+,92+,93+,94+,95+,97+,98+/m1/s1. The number of ether oxygens (including phenoxy) is 7. The van der Waals surface area contributed by atoms with E-state index in [1.807, 2.05) is 12.1 Å². The van der Waals surface area contributed by atoms with Crippen LogP contribution in [-0.2, 0) is 150 Å². The van der Waals surface area contributed by atoms with Crippen LogP contribution in [0.4, 0.5) is 4.79 Å². The van der Waals surface area contributed by atoms with Gasteiger partial charge < -0.3 is 97.9 Å². The SMILES string of the molecule is COc1ccc(CSC[C@@H](C(=O)OCc2ccccc2)N(C(=O)OC(C)(C)C)C(=O)[C@H](COCc2ccccc2)NC(=O)[C@@H](NC(=O)[C@H](Cc2ccccc2)NC(=O)[C@@H](NC(=O)[C@H](CCCC(N)C(=O)OCc2ccccc2Cl)NC(=O)[C@H](Cc2c[nH]c3ccccc23)NC(=O)[C@H](Cc2ccccc2)NC(=O)[C@H](Cc2ccccc2)NC(=O)[C@@H](N)CC(N)=O)[C@@H](C)OCc2ccccc2)[C@@H](C)OCc2ccccc2)cc1. The molecular weight excluding hydrogens is 1900 g/mol. The number of nitrogens with zero attached hydrogens (tertiary/aromatic N) is 1. The second-order valence-corrected chi connectivity index (χ2v) is 37.6. The van der Waals surface area contributed by atoms with Gasteiger partial charge in [0.2, 0.25) is 53.2 Å². The van der Waals surface area contributed by atoms with Crippen molar-refractivity contribution >= 4 is 111 Å². The van der Waals surface area contributed by atoms with Crippen LogP contribution in [0.5, 0.6) is 5.75 Å². The Morgan fingerprint density at radius 2 is 0.808 bits per heavy atom. The van der Waals surface area contributed by atoms with Crippen LogP contribution in [0, 0.1) is 0 Å². The number of nitrogens with two attached hydrogens (primary N) is 3. The van der Waals surface area contributed by atoms with Crippen molar-refractivity contribution in [3.63, 3.8) is 0 Å². The molecule has 146 heavy (non-hydrogen) atoms. The number of H-pyrrole nitrogens is 1. The van der Waals surface area contributed by atoms with Crippen LogP contribution in [0.2, 0.25) is 5.02 Å². The van der Waals surface area contributed by atoms with E-state index < -0.39 is 174 Å². The number of carbonyl (C=O) groups is 13. The maximum Gasteiger partial charge on any atom is 0.417 e. The molecule has 0 fully saturated rings. The van der Waals surface area contributed by atoms with E-state index in [0.717, 1.165) is 5.56 Å². The van der Waals surface area contributed by atoms with Gasteiger partial charge in [-0.3, -0.25) is 52.7 Å². The molecule has 0 spiro atoms. The molecular formula is C111H126ClN13O20S. The number of imide groups is 1. The highest BCUT2D eigenvalue weighted by atomic mass is 35.5. The number of hydrogen-bond donors (Lipinski definition) is 12. The first-order chi connectivity index (χ1) is 70.3. The normalized spacial score (nSPS) is 14.0. The number of nitrogens with one attached hydrogen (secondary N) is 9. The molecule has 0 aliphatic heterocycles. The molecule has 0 saturated carbocycles. The molecule has 1 unspecified atom stereocenters. The smallest absolute Gasteiger partial charge is 0.417 e. The average molecular weight is 2030 g/mol. The van der Waals surface area contributed by atoms with Gasteiger partial charge in [0, 0.05) is 64.9 Å². The van der Waals surface area contributed by atoms with E-state index in [1.54, 1.807) is 300 Å². The van der Waals surface area contributed by atoms with Crippen molar-refractivity contribution in [2.75, 3.05) is 19.5 Å². The van der Waals surface area contributed by atoms with Crippen LogP contribution >= 0.6 is 23.4 Å². The third-order valence-corrected chi connectivity index (χ3v) is 25.1. The Morgan fingerprint density at radius 3 is 1.29 bits per heavy atom. The predicted molar refractivity (Wildman–Crippen MR) is 552 cm³/mol. The highest BCUT2D eigenvalue weighted by molar-refractivity contribution is 7.98. The molecule has 0 aliphatic carbocycles. The van der Waals surface area contributed by atoms with E-state index in [-0.39, 0.29) is 89.5 Å². The lowest BCUT2D eigenvalue weighted by Gasteiger charge is -2.34.